The summed E-state index contributed by atoms with van der Waals surface area (Å²) in [5.41, 5.74) is 6.90. The van der Waals surface area contributed by atoms with E-state index in [9.17, 15) is 9.59 Å². The number of likely N-dealkylation sites (N-methyl/N-ethyl adjacent to an activating group) is 1. The van der Waals surface area contributed by atoms with E-state index < -0.39 is 5.91 Å². The third-order valence-corrected chi connectivity index (χ3v) is 4.10. The molecule has 2 amide bonds. The van der Waals surface area contributed by atoms with Crippen molar-refractivity contribution >= 4 is 29.1 Å². The summed E-state index contributed by atoms with van der Waals surface area (Å²) < 4.78 is 5.96. The van der Waals surface area contributed by atoms with Gasteiger partial charge in [-0.05, 0) is 25.5 Å². The lowest BCUT2D eigenvalue weighted by molar-refractivity contribution is -0.124. The highest BCUT2D eigenvalue weighted by atomic mass is 35.5. The SMILES string of the molecule is C/C=C(/C(=O)N(C)C)C1=C(/C(Cl)=C/CC)Oc2cccc(C(N)=O)c2N1. The molecule has 0 spiro atoms. The van der Waals surface area contributed by atoms with Crippen molar-refractivity contribution < 1.29 is 14.3 Å². The number of nitrogens with zero attached hydrogens (tertiary/aromatic N) is 1. The summed E-state index contributed by atoms with van der Waals surface area (Å²) in [4.78, 5) is 25.8. The van der Waals surface area contributed by atoms with Gasteiger partial charge in [-0.1, -0.05) is 36.7 Å². The number of primary amides is 1. The quantitative estimate of drug-likeness (QED) is 0.773. The molecular formula is C19H22ClN3O3. The van der Waals surface area contributed by atoms with E-state index in [0.29, 0.717) is 39.9 Å². The van der Waals surface area contributed by atoms with Gasteiger partial charge in [0.1, 0.15) is 0 Å². The second-order valence-electron chi connectivity index (χ2n) is 5.84. The number of anilines is 1. The minimum atomic E-state index is -0.600. The number of nitrogens with two attached hydrogens (primary N) is 1. The predicted octanol–water partition coefficient (Wildman–Crippen LogP) is 3.37. The number of carbonyl (C=O) groups excluding carboxylic acids is 2. The molecule has 0 bridgehead atoms. The molecule has 7 heteroatoms. The van der Waals surface area contributed by atoms with Crippen LogP contribution in [0.2, 0.25) is 0 Å². The van der Waals surface area contributed by atoms with Gasteiger partial charge in [-0.3, -0.25) is 9.59 Å². The van der Waals surface area contributed by atoms with Gasteiger partial charge in [-0.2, -0.15) is 0 Å². The lowest BCUT2D eigenvalue weighted by Gasteiger charge is -2.27. The summed E-state index contributed by atoms with van der Waals surface area (Å²) in [5, 5.41) is 3.51. The van der Waals surface area contributed by atoms with E-state index in [1.807, 2.05) is 6.92 Å². The first-order valence-corrected chi connectivity index (χ1v) is 8.55. The molecule has 0 fully saturated rings. The van der Waals surface area contributed by atoms with Crippen molar-refractivity contribution in [3.8, 4) is 5.75 Å². The Balaban J connectivity index is 2.68. The van der Waals surface area contributed by atoms with Crippen LogP contribution in [-0.2, 0) is 4.79 Å². The van der Waals surface area contributed by atoms with Crippen LogP contribution in [0.5, 0.6) is 5.75 Å². The number of fused-ring (bicyclic) bond motifs is 1. The number of hydrogen-bond donors (Lipinski definition) is 2. The van der Waals surface area contributed by atoms with Crippen LogP contribution < -0.4 is 15.8 Å². The predicted molar refractivity (Wildman–Crippen MR) is 103 cm³/mol. The summed E-state index contributed by atoms with van der Waals surface area (Å²) >= 11 is 6.40. The Morgan fingerprint density at radius 1 is 1.35 bits per heavy atom. The monoisotopic (exact) mass is 375 g/mol. The normalized spacial score (nSPS) is 14.3. The van der Waals surface area contributed by atoms with Crippen LogP contribution >= 0.6 is 11.6 Å². The van der Waals surface area contributed by atoms with Crippen LogP contribution in [0.15, 0.2) is 52.4 Å². The fraction of sp³-hybridized carbons (Fsp3) is 0.263. The molecule has 0 aliphatic carbocycles. The summed E-state index contributed by atoms with van der Waals surface area (Å²) in [6.07, 6.45) is 4.15. The van der Waals surface area contributed by atoms with Crippen molar-refractivity contribution in [1.82, 2.24) is 4.90 Å². The fourth-order valence-electron chi connectivity index (χ4n) is 2.54. The third-order valence-electron chi connectivity index (χ3n) is 3.78. The van der Waals surface area contributed by atoms with Crippen LogP contribution in [0.4, 0.5) is 5.69 Å². The van der Waals surface area contributed by atoms with Gasteiger partial charge in [-0.15, -0.1) is 0 Å². The Morgan fingerprint density at radius 2 is 2.04 bits per heavy atom. The van der Waals surface area contributed by atoms with E-state index in [4.69, 9.17) is 22.1 Å². The lowest BCUT2D eigenvalue weighted by Crippen LogP contribution is -2.29. The van der Waals surface area contributed by atoms with Crippen molar-refractivity contribution in [2.24, 2.45) is 5.73 Å². The molecule has 1 aromatic carbocycles. The van der Waals surface area contributed by atoms with E-state index >= 15 is 0 Å². The van der Waals surface area contributed by atoms with E-state index in [1.54, 1.807) is 51.4 Å². The zero-order valence-electron chi connectivity index (χ0n) is 15.2. The van der Waals surface area contributed by atoms with Crippen molar-refractivity contribution in [2.45, 2.75) is 20.3 Å². The highest BCUT2D eigenvalue weighted by Gasteiger charge is 2.29. The van der Waals surface area contributed by atoms with E-state index in [2.05, 4.69) is 5.32 Å². The number of benzene rings is 1. The summed E-state index contributed by atoms with van der Waals surface area (Å²) in [5.74, 6) is -0.0876. The Hall–Kier alpha value is -2.73. The molecule has 1 aromatic rings. The molecule has 0 saturated carbocycles. The van der Waals surface area contributed by atoms with Gasteiger partial charge in [0, 0.05) is 14.1 Å². The molecule has 26 heavy (non-hydrogen) atoms. The number of nitrogens with one attached hydrogen (secondary N) is 1. The van der Waals surface area contributed by atoms with Crippen LogP contribution in [0, 0.1) is 0 Å². The minimum absolute atomic E-state index is 0.225. The van der Waals surface area contributed by atoms with Gasteiger partial charge in [0.05, 0.1) is 27.6 Å². The zero-order valence-corrected chi connectivity index (χ0v) is 16.0. The van der Waals surface area contributed by atoms with Gasteiger partial charge in [0.2, 0.25) is 0 Å². The molecule has 6 nitrogen and oxygen atoms in total. The summed E-state index contributed by atoms with van der Waals surface area (Å²) in [6, 6.07) is 4.96. The van der Waals surface area contributed by atoms with Crippen LogP contribution in [-0.4, -0.2) is 30.8 Å². The van der Waals surface area contributed by atoms with Gasteiger partial charge < -0.3 is 20.7 Å². The number of ether oxygens (including phenoxy) is 1. The number of rotatable bonds is 5. The largest absolute Gasteiger partial charge is 0.451 e. The van der Waals surface area contributed by atoms with Crippen LogP contribution in [0.3, 0.4) is 0 Å². The van der Waals surface area contributed by atoms with Crippen molar-refractivity contribution in [2.75, 3.05) is 19.4 Å². The highest BCUT2D eigenvalue weighted by Crippen LogP contribution is 2.40. The summed E-state index contributed by atoms with van der Waals surface area (Å²) in [7, 11) is 3.31. The molecular weight excluding hydrogens is 354 g/mol. The smallest absolute Gasteiger partial charge is 0.255 e. The number of hydrogen-bond acceptors (Lipinski definition) is 4. The van der Waals surface area contributed by atoms with Crippen LogP contribution in [0.1, 0.15) is 30.6 Å². The molecule has 0 unspecified atom stereocenters. The molecule has 1 heterocycles. The maximum absolute atomic E-state index is 12.6. The third kappa shape index (κ3) is 3.75. The molecule has 0 aromatic heterocycles. The second kappa shape index (κ2) is 8.10. The molecule has 2 rings (SSSR count). The first-order valence-electron chi connectivity index (χ1n) is 8.18. The average molecular weight is 376 g/mol. The molecule has 1 aliphatic rings. The Labute approximate surface area is 157 Å². The number of carbonyl (C=O) groups is 2. The van der Waals surface area contributed by atoms with Crippen LogP contribution in [0.25, 0.3) is 0 Å². The maximum Gasteiger partial charge on any atom is 0.255 e. The maximum atomic E-state index is 12.6. The zero-order chi connectivity index (χ0) is 19.4. The average Bonchev–Trinajstić information content (AvgIpc) is 2.61. The highest BCUT2D eigenvalue weighted by molar-refractivity contribution is 6.32. The Kier molecular flexibility index (Phi) is 6.10. The van der Waals surface area contributed by atoms with Gasteiger partial charge >= 0.3 is 0 Å². The standard InChI is InChI=1S/C19H22ClN3O3/c1-5-8-13(20)17-16(11(6-2)19(25)23(3)4)22-15-12(18(21)24)9-7-10-14(15)26-17/h6-10,22H,5H2,1-4H3,(H2,21,24)/b11-6+,13-8-. The minimum Gasteiger partial charge on any atom is -0.451 e. The number of amides is 2. The molecule has 138 valence electrons. The molecule has 0 atom stereocenters. The number of allylic oxidation sites excluding steroid dienone is 3. The molecule has 0 radical (unpaired) electrons. The van der Waals surface area contributed by atoms with Crippen molar-refractivity contribution in [1.29, 1.82) is 0 Å². The van der Waals surface area contributed by atoms with Gasteiger partial charge in [0.25, 0.3) is 11.8 Å². The molecule has 1 aliphatic heterocycles. The Bertz CT molecular complexity index is 838. The van der Waals surface area contributed by atoms with E-state index in [1.165, 1.54) is 4.90 Å². The number of halogens is 1. The summed E-state index contributed by atoms with van der Waals surface area (Å²) in [6.45, 7) is 3.69. The Morgan fingerprint density at radius 3 is 2.58 bits per heavy atom. The molecule has 0 saturated heterocycles. The van der Waals surface area contributed by atoms with Crippen molar-refractivity contribution in [3.05, 3.63) is 58.0 Å². The van der Waals surface area contributed by atoms with E-state index in [0.717, 1.165) is 0 Å². The number of para-hydroxylation sites is 1. The molecule has 3 N–H and O–H groups in total. The first-order chi connectivity index (χ1) is 12.3. The lowest BCUT2D eigenvalue weighted by atomic mass is 10.0. The fourth-order valence-corrected chi connectivity index (χ4v) is 2.83. The van der Waals surface area contributed by atoms with Crippen molar-refractivity contribution in [3.63, 3.8) is 0 Å². The van der Waals surface area contributed by atoms with Gasteiger partial charge in [0.15, 0.2) is 11.5 Å². The topological polar surface area (TPSA) is 84.7 Å². The van der Waals surface area contributed by atoms with Gasteiger partial charge in [-0.25, -0.2) is 0 Å². The second-order valence-corrected chi connectivity index (χ2v) is 6.24. The van der Waals surface area contributed by atoms with E-state index in [-0.39, 0.29) is 11.5 Å². The first kappa shape index (κ1) is 19.6.